The summed E-state index contributed by atoms with van der Waals surface area (Å²) in [6.07, 6.45) is 0. The molecule has 0 saturated carbocycles. The molecular formula is C40H25NO. The summed E-state index contributed by atoms with van der Waals surface area (Å²) >= 11 is 0. The molecule has 0 amide bonds. The van der Waals surface area contributed by atoms with Gasteiger partial charge in [-0.25, -0.2) is 0 Å². The Labute approximate surface area is 242 Å². The molecule has 0 atom stereocenters. The van der Waals surface area contributed by atoms with Crippen LogP contribution in [0.15, 0.2) is 156 Å². The molecule has 0 radical (unpaired) electrons. The summed E-state index contributed by atoms with van der Waals surface area (Å²) in [6, 6.07) is 54.5. The molecule has 196 valence electrons. The Morgan fingerprint density at radius 1 is 0.357 bits per heavy atom. The Balaban J connectivity index is 1.37. The van der Waals surface area contributed by atoms with Crippen molar-refractivity contribution in [2.24, 2.45) is 0 Å². The van der Waals surface area contributed by atoms with Gasteiger partial charge in [-0.2, -0.15) is 0 Å². The highest BCUT2D eigenvalue weighted by Crippen LogP contribution is 2.39. The van der Waals surface area contributed by atoms with Crippen molar-refractivity contribution in [1.82, 2.24) is 4.57 Å². The highest BCUT2D eigenvalue weighted by Gasteiger charge is 2.16. The van der Waals surface area contributed by atoms with Crippen molar-refractivity contribution in [3.63, 3.8) is 0 Å². The van der Waals surface area contributed by atoms with Crippen LogP contribution in [0.1, 0.15) is 0 Å². The lowest BCUT2D eigenvalue weighted by Crippen LogP contribution is -1.96. The Kier molecular flexibility index (Phi) is 4.93. The van der Waals surface area contributed by atoms with Gasteiger partial charge in [-0.15, -0.1) is 0 Å². The molecule has 0 aliphatic carbocycles. The summed E-state index contributed by atoms with van der Waals surface area (Å²) in [7, 11) is 0. The Hall–Kier alpha value is -5.60. The van der Waals surface area contributed by atoms with E-state index in [1.807, 2.05) is 12.1 Å². The quantitative estimate of drug-likeness (QED) is 0.220. The fourth-order valence-corrected chi connectivity index (χ4v) is 6.55. The summed E-state index contributed by atoms with van der Waals surface area (Å²) in [4.78, 5) is 0. The average molecular weight is 536 g/mol. The van der Waals surface area contributed by atoms with Crippen LogP contribution in [0.3, 0.4) is 0 Å². The van der Waals surface area contributed by atoms with Gasteiger partial charge in [0.15, 0.2) is 0 Å². The molecular weight excluding hydrogens is 510 g/mol. The maximum absolute atomic E-state index is 6.27. The van der Waals surface area contributed by atoms with E-state index in [0.29, 0.717) is 0 Å². The lowest BCUT2D eigenvalue weighted by molar-refractivity contribution is 0.669. The fraction of sp³-hybridized carbons (Fsp3) is 0. The summed E-state index contributed by atoms with van der Waals surface area (Å²) in [5.74, 6) is 0. The van der Waals surface area contributed by atoms with Crippen LogP contribution in [0, 0.1) is 0 Å². The molecule has 0 spiro atoms. The van der Waals surface area contributed by atoms with Crippen LogP contribution < -0.4 is 0 Å². The molecule has 9 aromatic rings. The lowest BCUT2D eigenvalue weighted by Gasteiger charge is -2.14. The molecule has 0 fully saturated rings. The van der Waals surface area contributed by atoms with Gasteiger partial charge in [0.25, 0.3) is 0 Å². The summed E-state index contributed by atoms with van der Waals surface area (Å²) in [5.41, 5.74) is 10.2. The topological polar surface area (TPSA) is 18.1 Å². The van der Waals surface area contributed by atoms with Gasteiger partial charge in [0, 0.05) is 27.2 Å². The first-order valence-corrected chi connectivity index (χ1v) is 14.3. The van der Waals surface area contributed by atoms with Crippen LogP contribution in [0.25, 0.3) is 82.5 Å². The predicted octanol–water partition coefficient (Wildman–Crippen LogP) is 11.2. The third-order valence-electron chi connectivity index (χ3n) is 8.52. The van der Waals surface area contributed by atoms with E-state index in [1.54, 1.807) is 0 Å². The molecule has 2 nitrogen and oxygen atoms in total. The van der Waals surface area contributed by atoms with E-state index in [-0.39, 0.29) is 0 Å². The number of para-hydroxylation sites is 2. The third-order valence-corrected chi connectivity index (χ3v) is 8.52. The number of nitrogens with zero attached hydrogens (tertiary/aromatic N) is 1. The zero-order chi connectivity index (χ0) is 27.6. The standard InChI is InChI=1S/C40H25NO/c1-3-11-26(12-4-1)28-19-29(27-13-5-2-6-14-27)21-32(20-28)41-37-17-9-7-15-33(37)35-22-30-23-36-34-16-8-10-18-39(34)42-40(36)25-31(30)24-38(35)41/h1-25H. The molecule has 0 saturated heterocycles. The van der Waals surface area contributed by atoms with Crippen molar-refractivity contribution in [2.45, 2.75) is 0 Å². The number of aromatic nitrogens is 1. The highest BCUT2D eigenvalue weighted by molar-refractivity contribution is 6.17. The molecule has 2 heteroatoms. The highest BCUT2D eigenvalue weighted by atomic mass is 16.3. The molecule has 2 heterocycles. The minimum atomic E-state index is 0.920. The normalized spacial score (nSPS) is 11.8. The monoisotopic (exact) mass is 535 g/mol. The molecule has 2 aromatic heterocycles. The zero-order valence-electron chi connectivity index (χ0n) is 22.8. The van der Waals surface area contributed by atoms with Crippen molar-refractivity contribution in [3.05, 3.63) is 152 Å². The van der Waals surface area contributed by atoms with Crippen LogP contribution in [0.5, 0.6) is 0 Å². The van der Waals surface area contributed by atoms with Crippen LogP contribution in [0.4, 0.5) is 0 Å². The maximum Gasteiger partial charge on any atom is 0.136 e. The van der Waals surface area contributed by atoms with E-state index in [4.69, 9.17) is 4.42 Å². The van der Waals surface area contributed by atoms with Gasteiger partial charge in [0.2, 0.25) is 0 Å². The van der Waals surface area contributed by atoms with Crippen molar-refractivity contribution < 1.29 is 4.42 Å². The number of furan rings is 1. The minimum Gasteiger partial charge on any atom is -0.456 e. The van der Waals surface area contributed by atoms with Gasteiger partial charge >= 0.3 is 0 Å². The molecule has 42 heavy (non-hydrogen) atoms. The van der Waals surface area contributed by atoms with Crippen molar-refractivity contribution >= 4 is 54.5 Å². The van der Waals surface area contributed by atoms with Gasteiger partial charge < -0.3 is 8.98 Å². The summed E-state index contributed by atoms with van der Waals surface area (Å²) in [6.45, 7) is 0. The van der Waals surface area contributed by atoms with Crippen molar-refractivity contribution in [2.75, 3.05) is 0 Å². The largest absolute Gasteiger partial charge is 0.456 e. The molecule has 0 aliphatic rings. The first kappa shape index (κ1) is 23.1. The zero-order valence-corrected chi connectivity index (χ0v) is 22.8. The van der Waals surface area contributed by atoms with Gasteiger partial charge in [0.05, 0.1) is 11.0 Å². The van der Waals surface area contributed by atoms with E-state index in [0.717, 1.165) is 27.6 Å². The van der Waals surface area contributed by atoms with E-state index < -0.39 is 0 Å². The van der Waals surface area contributed by atoms with Crippen molar-refractivity contribution in [3.8, 4) is 27.9 Å². The Morgan fingerprint density at radius 2 is 0.952 bits per heavy atom. The van der Waals surface area contributed by atoms with E-state index >= 15 is 0 Å². The second-order valence-corrected chi connectivity index (χ2v) is 11.0. The first-order chi connectivity index (χ1) is 20.8. The molecule has 0 unspecified atom stereocenters. The van der Waals surface area contributed by atoms with Gasteiger partial charge in [0.1, 0.15) is 11.2 Å². The predicted molar refractivity (Wildman–Crippen MR) is 176 cm³/mol. The average Bonchev–Trinajstić information content (AvgIpc) is 3.58. The lowest BCUT2D eigenvalue weighted by atomic mass is 9.98. The number of benzene rings is 7. The number of rotatable bonds is 3. The van der Waals surface area contributed by atoms with Gasteiger partial charge in [-0.3, -0.25) is 0 Å². The SMILES string of the molecule is c1ccc(-c2cc(-c3ccccc3)cc(-n3c4ccccc4c4cc5cc6c(cc5cc43)oc3ccccc36)c2)cc1. The molecule has 9 rings (SSSR count). The Morgan fingerprint density at radius 3 is 1.69 bits per heavy atom. The van der Waals surface area contributed by atoms with Crippen molar-refractivity contribution in [1.29, 1.82) is 0 Å². The number of hydrogen-bond donors (Lipinski definition) is 0. The Bertz CT molecular complexity index is 2390. The van der Waals surface area contributed by atoms with Crippen LogP contribution >= 0.6 is 0 Å². The smallest absolute Gasteiger partial charge is 0.136 e. The third kappa shape index (κ3) is 3.52. The van der Waals surface area contributed by atoms with Crippen LogP contribution in [-0.4, -0.2) is 4.57 Å². The molecule has 0 N–H and O–H groups in total. The number of fused-ring (bicyclic) bond motifs is 7. The molecule has 0 aliphatic heterocycles. The minimum absolute atomic E-state index is 0.920. The maximum atomic E-state index is 6.27. The van der Waals surface area contributed by atoms with E-state index in [1.165, 1.54) is 54.8 Å². The summed E-state index contributed by atoms with van der Waals surface area (Å²) < 4.78 is 8.69. The first-order valence-electron chi connectivity index (χ1n) is 14.3. The van der Waals surface area contributed by atoms with Gasteiger partial charge in [-0.1, -0.05) is 97.1 Å². The second kappa shape index (κ2) is 8.95. The van der Waals surface area contributed by atoms with Crippen LogP contribution in [0.2, 0.25) is 0 Å². The fourth-order valence-electron chi connectivity index (χ4n) is 6.55. The van der Waals surface area contributed by atoms with Gasteiger partial charge in [-0.05, 0) is 87.6 Å². The van der Waals surface area contributed by atoms with Crippen LogP contribution in [-0.2, 0) is 0 Å². The van der Waals surface area contributed by atoms with E-state index in [2.05, 4.69) is 144 Å². The summed E-state index contributed by atoms with van der Waals surface area (Å²) in [5, 5.41) is 7.19. The molecule has 7 aromatic carbocycles. The van der Waals surface area contributed by atoms with E-state index in [9.17, 15) is 0 Å². The second-order valence-electron chi connectivity index (χ2n) is 11.0. The molecule has 0 bridgehead atoms. The number of hydrogen-bond acceptors (Lipinski definition) is 1.